The predicted molar refractivity (Wildman–Crippen MR) is 77.0 cm³/mol. The second-order valence-electron chi connectivity index (χ2n) is 5.11. The van der Waals surface area contributed by atoms with E-state index in [-0.39, 0.29) is 5.91 Å². The molecule has 0 fully saturated rings. The Morgan fingerprint density at radius 1 is 1.48 bits per heavy atom. The van der Waals surface area contributed by atoms with E-state index in [2.05, 4.69) is 21.1 Å². The van der Waals surface area contributed by atoms with E-state index in [1.165, 1.54) is 0 Å². The standard InChI is InChI=1S/C15H16N4O2/c1-2-3-7-15(17-18-15)8-6-13(20)19-10-11-21-14-12(19)5-4-9-16-14/h1,4-5,9H,3,6-8,10-11H2. The van der Waals surface area contributed by atoms with Gasteiger partial charge in [0.15, 0.2) is 5.66 Å². The van der Waals surface area contributed by atoms with Gasteiger partial charge in [0.05, 0.1) is 6.54 Å². The second-order valence-corrected chi connectivity index (χ2v) is 5.11. The summed E-state index contributed by atoms with van der Waals surface area (Å²) in [4.78, 5) is 18.3. The molecule has 0 unspecified atom stereocenters. The number of hydrogen-bond acceptors (Lipinski definition) is 5. The van der Waals surface area contributed by atoms with E-state index in [9.17, 15) is 4.79 Å². The van der Waals surface area contributed by atoms with Gasteiger partial charge in [0, 0.05) is 31.9 Å². The van der Waals surface area contributed by atoms with Crippen LogP contribution in [0.1, 0.15) is 25.7 Å². The van der Waals surface area contributed by atoms with Gasteiger partial charge in [-0.3, -0.25) is 4.79 Å². The number of hydrogen-bond donors (Lipinski definition) is 0. The fourth-order valence-electron chi connectivity index (χ4n) is 2.42. The molecule has 0 radical (unpaired) electrons. The zero-order valence-electron chi connectivity index (χ0n) is 11.7. The summed E-state index contributed by atoms with van der Waals surface area (Å²) in [6.45, 7) is 1.01. The van der Waals surface area contributed by atoms with Crippen molar-refractivity contribution in [2.45, 2.75) is 31.3 Å². The molecule has 3 rings (SSSR count). The summed E-state index contributed by atoms with van der Waals surface area (Å²) in [5.41, 5.74) is 0.322. The lowest BCUT2D eigenvalue weighted by molar-refractivity contribution is -0.119. The first kappa shape index (κ1) is 13.6. The number of amides is 1. The van der Waals surface area contributed by atoms with Crippen molar-refractivity contribution in [3.05, 3.63) is 18.3 Å². The lowest BCUT2D eigenvalue weighted by Gasteiger charge is -2.28. The predicted octanol–water partition coefficient (Wildman–Crippen LogP) is 2.16. The van der Waals surface area contributed by atoms with Gasteiger partial charge in [-0.05, 0) is 12.1 Å². The smallest absolute Gasteiger partial charge is 0.238 e. The van der Waals surface area contributed by atoms with Crippen LogP contribution in [0.4, 0.5) is 5.69 Å². The Balaban J connectivity index is 1.61. The van der Waals surface area contributed by atoms with Gasteiger partial charge >= 0.3 is 0 Å². The van der Waals surface area contributed by atoms with Crippen molar-refractivity contribution in [1.29, 1.82) is 0 Å². The average molecular weight is 284 g/mol. The van der Waals surface area contributed by atoms with Crippen LogP contribution in [0, 0.1) is 12.3 Å². The number of carbonyl (C=O) groups excluding carboxylic acids is 1. The second kappa shape index (κ2) is 5.52. The summed E-state index contributed by atoms with van der Waals surface area (Å²) < 4.78 is 5.45. The highest BCUT2D eigenvalue weighted by atomic mass is 16.5. The molecule has 0 aliphatic carbocycles. The molecule has 1 aromatic rings. The summed E-state index contributed by atoms with van der Waals surface area (Å²) in [6, 6.07) is 3.65. The van der Waals surface area contributed by atoms with Crippen LogP contribution in [-0.4, -0.2) is 29.7 Å². The molecular formula is C15H16N4O2. The molecule has 6 nitrogen and oxygen atoms in total. The number of carbonyl (C=O) groups is 1. The third kappa shape index (κ3) is 2.87. The molecule has 2 aliphatic heterocycles. The number of terminal acetylenes is 1. The Labute approximate surface area is 123 Å². The molecule has 0 saturated heterocycles. The molecule has 0 aromatic carbocycles. The molecule has 1 amide bonds. The number of anilines is 1. The maximum Gasteiger partial charge on any atom is 0.238 e. The first-order valence-electron chi connectivity index (χ1n) is 7.00. The maximum absolute atomic E-state index is 12.4. The summed E-state index contributed by atoms with van der Waals surface area (Å²) in [7, 11) is 0. The van der Waals surface area contributed by atoms with Gasteiger partial charge in [-0.15, -0.1) is 12.3 Å². The van der Waals surface area contributed by atoms with E-state index in [4.69, 9.17) is 11.2 Å². The maximum atomic E-state index is 12.4. The summed E-state index contributed by atoms with van der Waals surface area (Å²) >= 11 is 0. The van der Waals surface area contributed by atoms with E-state index in [0.717, 1.165) is 12.1 Å². The average Bonchev–Trinajstić information content (AvgIpc) is 3.30. The zero-order valence-corrected chi connectivity index (χ0v) is 11.7. The highest BCUT2D eigenvalue weighted by Crippen LogP contribution is 2.38. The first-order valence-corrected chi connectivity index (χ1v) is 7.00. The van der Waals surface area contributed by atoms with Crippen molar-refractivity contribution < 1.29 is 9.53 Å². The SMILES string of the molecule is C#CCCC1(CCC(=O)N2CCOc3ncccc32)N=N1. The number of ether oxygens (including phenoxy) is 1. The van der Waals surface area contributed by atoms with Crippen LogP contribution in [0.5, 0.6) is 5.88 Å². The molecule has 108 valence electrons. The monoisotopic (exact) mass is 284 g/mol. The molecule has 21 heavy (non-hydrogen) atoms. The third-order valence-electron chi connectivity index (χ3n) is 3.69. The Morgan fingerprint density at radius 3 is 3.10 bits per heavy atom. The van der Waals surface area contributed by atoms with Crippen molar-refractivity contribution in [1.82, 2.24) is 4.98 Å². The molecule has 0 saturated carbocycles. The molecule has 0 spiro atoms. The highest BCUT2D eigenvalue weighted by Gasteiger charge is 2.40. The summed E-state index contributed by atoms with van der Waals surface area (Å²) in [6.07, 6.45) is 9.27. The highest BCUT2D eigenvalue weighted by molar-refractivity contribution is 5.94. The molecule has 0 atom stereocenters. The fourth-order valence-corrected chi connectivity index (χ4v) is 2.42. The van der Waals surface area contributed by atoms with Crippen LogP contribution in [0.15, 0.2) is 28.6 Å². The fraction of sp³-hybridized carbons (Fsp3) is 0.467. The Bertz CT molecular complexity index is 614. The van der Waals surface area contributed by atoms with Crippen molar-refractivity contribution >= 4 is 11.6 Å². The van der Waals surface area contributed by atoms with E-state index in [1.54, 1.807) is 17.2 Å². The molecule has 0 N–H and O–H groups in total. The van der Waals surface area contributed by atoms with Crippen molar-refractivity contribution in [2.24, 2.45) is 10.2 Å². The first-order chi connectivity index (χ1) is 10.2. The topological polar surface area (TPSA) is 67.2 Å². The van der Waals surface area contributed by atoms with E-state index in [1.807, 2.05) is 6.07 Å². The molecule has 2 aliphatic rings. The number of rotatable bonds is 5. The van der Waals surface area contributed by atoms with Crippen LogP contribution in [-0.2, 0) is 4.79 Å². The van der Waals surface area contributed by atoms with Gasteiger partial charge in [-0.25, -0.2) is 4.98 Å². The largest absolute Gasteiger partial charge is 0.474 e. The van der Waals surface area contributed by atoms with Gasteiger partial charge in [0.2, 0.25) is 11.8 Å². The van der Waals surface area contributed by atoms with Gasteiger partial charge in [-0.1, -0.05) is 0 Å². The lowest BCUT2D eigenvalue weighted by atomic mass is 10.0. The number of fused-ring (bicyclic) bond motifs is 1. The van der Waals surface area contributed by atoms with E-state index < -0.39 is 5.66 Å². The minimum Gasteiger partial charge on any atom is -0.474 e. The van der Waals surface area contributed by atoms with Gasteiger partial charge in [0.1, 0.15) is 12.3 Å². The van der Waals surface area contributed by atoms with Crippen LogP contribution >= 0.6 is 0 Å². The lowest BCUT2D eigenvalue weighted by Crippen LogP contribution is -2.38. The van der Waals surface area contributed by atoms with Crippen LogP contribution < -0.4 is 9.64 Å². The zero-order chi connectivity index (χ0) is 14.7. The van der Waals surface area contributed by atoms with Crippen LogP contribution in [0.3, 0.4) is 0 Å². The molecule has 1 aromatic heterocycles. The minimum atomic E-state index is -0.411. The van der Waals surface area contributed by atoms with Crippen LogP contribution in [0.2, 0.25) is 0 Å². The molecule has 0 bridgehead atoms. The van der Waals surface area contributed by atoms with Crippen molar-refractivity contribution in [3.8, 4) is 18.2 Å². The normalized spacial score (nSPS) is 17.6. The van der Waals surface area contributed by atoms with Crippen LogP contribution in [0.25, 0.3) is 0 Å². The number of nitrogens with zero attached hydrogens (tertiary/aromatic N) is 4. The molecule has 6 heteroatoms. The summed E-state index contributed by atoms with van der Waals surface area (Å²) in [5.74, 6) is 3.15. The number of pyridine rings is 1. The van der Waals surface area contributed by atoms with Gasteiger partial charge in [0.25, 0.3) is 0 Å². The molecule has 3 heterocycles. The van der Waals surface area contributed by atoms with Crippen molar-refractivity contribution in [3.63, 3.8) is 0 Å². The Morgan fingerprint density at radius 2 is 2.33 bits per heavy atom. The van der Waals surface area contributed by atoms with E-state index in [0.29, 0.717) is 38.3 Å². The number of aromatic nitrogens is 1. The van der Waals surface area contributed by atoms with E-state index >= 15 is 0 Å². The Hall–Kier alpha value is -2.42. The van der Waals surface area contributed by atoms with Gasteiger partial charge < -0.3 is 9.64 Å². The quantitative estimate of drug-likeness (QED) is 0.778. The van der Waals surface area contributed by atoms with Crippen molar-refractivity contribution in [2.75, 3.05) is 18.1 Å². The minimum absolute atomic E-state index is 0.0462. The Kier molecular flexibility index (Phi) is 3.57. The summed E-state index contributed by atoms with van der Waals surface area (Å²) in [5, 5.41) is 8.11. The third-order valence-corrected chi connectivity index (χ3v) is 3.69. The van der Waals surface area contributed by atoms with Gasteiger partial charge in [-0.2, -0.15) is 10.2 Å². The molecular weight excluding hydrogens is 268 g/mol.